The number of ether oxygens (including phenoxy) is 2. The predicted octanol–water partition coefficient (Wildman–Crippen LogP) is 1.73. The van der Waals surface area contributed by atoms with E-state index in [0.29, 0.717) is 6.61 Å². The second-order valence-corrected chi connectivity index (χ2v) is 5.27. The molecule has 0 saturated carbocycles. The summed E-state index contributed by atoms with van der Waals surface area (Å²) < 4.78 is 13.9. The summed E-state index contributed by atoms with van der Waals surface area (Å²) >= 11 is 3.58. The first kappa shape index (κ1) is 14.0. The van der Waals surface area contributed by atoms with E-state index < -0.39 is 0 Å². The van der Waals surface area contributed by atoms with Gasteiger partial charge in [0, 0.05) is 13.7 Å². The molecule has 0 spiro atoms. The predicted molar refractivity (Wildman–Crippen MR) is 72.6 cm³/mol. The second kappa shape index (κ2) is 6.65. The zero-order valence-corrected chi connectivity index (χ0v) is 12.4. The Kier molecular flexibility index (Phi) is 5.17. The summed E-state index contributed by atoms with van der Waals surface area (Å²) in [7, 11) is 3.67. The number of likely N-dealkylation sites (N-methyl/N-ethyl adjacent to an activating group) is 1. The van der Waals surface area contributed by atoms with E-state index in [1.54, 1.807) is 7.11 Å². The molecule has 1 saturated heterocycles. The number of methoxy groups -OCH3 is 1. The molecule has 2 heterocycles. The van der Waals surface area contributed by atoms with Crippen LogP contribution in [0, 0.1) is 0 Å². The molecular formula is C12H20BrN3O2. The first-order valence-electron chi connectivity index (χ1n) is 6.27. The van der Waals surface area contributed by atoms with Gasteiger partial charge < -0.3 is 14.8 Å². The van der Waals surface area contributed by atoms with E-state index >= 15 is 0 Å². The van der Waals surface area contributed by atoms with E-state index in [0.717, 1.165) is 36.2 Å². The van der Waals surface area contributed by atoms with Gasteiger partial charge in [0.05, 0.1) is 41.7 Å². The molecule has 102 valence electrons. The van der Waals surface area contributed by atoms with Crippen LogP contribution < -0.4 is 5.32 Å². The van der Waals surface area contributed by atoms with Crippen LogP contribution in [-0.2, 0) is 16.0 Å². The molecule has 1 aliphatic rings. The highest BCUT2D eigenvalue weighted by Gasteiger charge is 2.30. The Morgan fingerprint density at radius 2 is 2.56 bits per heavy atom. The molecule has 1 aliphatic heterocycles. The quantitative estimate of drug-likeness (QED) is 0.868. The highest BCUT2D eigenvalue weighted by atomic mass is 79.9. The summed E-state index contributed by atoms with van der Waals surface area (Å²) in [5, 5.41) is 7.74. The number of hydrogen-bond acceptors (Lipinski definition) is 4. The van der Waals surface area contributed by atoms with Crippen LogP contribution in [0.5, 0.6) is 0 Å². The van der Waals surface area contributed by atoms with E-state index in [1.807, 2.05) is 17.9 Å². The van der Waals surface area contributed by atoms with E-state index in [4.69, 9.17) is 9.47 Å². The third-order valence-corrected chi connectivity index (χ3v) is 3.89. The SMILES string of the molecule is CNC(c1c(Br)cnn1CCOC)C1CCCO1. The minimum absolute atomic E-state index is 0.168. The number of rotatable bonds is 6. The minimum atomic E-state index is 0.168. The normalized spacial score (nSPS) is 21.4. The fraction of sp³-hybridized carbons (Fsp3) is 0.750. The monoisotopic (exact) mass is 317 g/mol. The molecular weight excluding hydrogens is 298 g/mol. The maximum atomic E-state index is 5.79. The maximum Gasteiger partial charge on any atom is 0.0786 e. The van der Waals surface area contributed by atoms with E-state index in [9.17, 15) is 0 Å². The zero-order valence-electron chi connectivity index (χ0n) is 10.9. The van der Waals surface area contributed by atoms with Crippen molar-refractivity contribution in [2.45, 2.75) is 31.5 Å². The van der Waals surface area contributed by atoms with Crippen molar-refractivity contribution >= 4 is 15.9 Å². The summed E-state index contributed by atoms with van der Waals surface area (Å²) in [6.45, 7) is 2.26. The van der Waals surface area contributed by atoms with E-state index in [2.05, 4.69) is 26.3 Å². The van der Waals surface area contributed by atoms with Gasteiger partial charge in [-0.2, -0.15) is 5.10 Å². The molecule has 2 unspecified atom stereocenters. The van der Waals surface area contributed by atoms with Crippen molar-refractivity contribution < 1.29 is 9.47 Å². The molecule has 18 heavy (non-hydrogen) atoms. The lowest BCUT2D eigenvalue weighted by atomic mass is 10.0. The topological polar surface area (TPSA) is 48.3 Å². The third kappa shape index (κ3) is 2.93. The average molecular weight is 318 g/mol. The third-order valence-electron chi connectivity index (χ3n) is 3.28. The van der Waals surface area contributed by atoms with E-state index in [-0.39, 0.29) is 12.1 Å². The van der Waals surface area contributed by atoms with Gasteiger partial charge in [-0.15, -0.1) is 0 Å². The summed E-state index contributed by atoms with van der Waals surface area (Å²) in [4.78, 5) is 0. The molecule has 0 amide bonds. The highest BCUT2D eigenvalue weighted by molar-refractivity contribution is 9.10. The second-order valence-electron chi connectivity index (χ2n) is 4.41. The van der Waals surface area contributed by atoms with E-state index in [1.165, 1.54) is 0 Å². The zero-order chi connectivity index (χ0) is 13.0. The number of aromatic nitrogens is 2. The Morgan fingerprint density at radius 1 is 1.72 bits per heavy atom. The molecule has 1 fully saturated rings. The smallest absolute Gasteiger partial charge is 0.0786 e. The molecule has 0 bridgehead atoms. The van der Waals surface area contributed by atoms with Crippen molar-refractivity contribution in [3.63, 3.8) is 0 Å². The first-order valence-corrected chi connectivity index (χ1v) is 7.06. The maximum absolute atomic E-state index is 5.79. The Morgan fingerprint density at radius 3 is 3.17 bits per heavy atom. The summed E-state index contributed by atoms with van der Waals surface area (Å²) in [5.41, 5.74) is 1.14. The van der Waals surface area contributed by atoms with Gasteiger partial charge in [0.1, 0.15) is 0 Å². The molecule has 2 atom stereocenters. The molecule has 1 aromatic rings. The van der Waals surface area contributed by atoms with Crippen molar-refractivity contribution in [1.82, 2.24) is 15.1 Å². The number of hydrogen-bond donors (Lipinski definition) is 1. The summed E-state index contributed by atoms with van der Waals surface area (Å²) in [6.07, 6.45) is 4.29. The summed E-state index contributed by atoms with van der Waals surface area (Å²) in [5.74, 6) is 0. The van der Waals surface area contributed by atoms with Gasteiger partial charge in [0.25, 0.3) is 0 Å². The Balaban J connectivity index is 2.20. The summed E-state index contributed by atoms with van der Waals surface area (Å²) in [6, 6.07) is 0.168. The molecule has 1 N–H and O–H groups in total. The molecule has 1 aromatic heterocycles. The lowest BCUT2D eigenvalue weighted by molar-refractivity contribution is 0.0769. The van der Waals surface area contributed by atoms with Crippen molar-refractivity contribution in [2.75, 3.05) is 27.4 Å². The van der Waals surface area contributed by atoms with Crippen LogP contribution in [0.2, 0.25) is 0 Å². The fourth-order valence-corrected chi connectivity index (χ4v) is 2.94. The van der Waals surface area contributed by atoms with Gasteiger partial charge in [0.15, 0.2) is 0 Å². The van der Waals surface area contributed by atoms with Crippen LogP contribution in [0.25, 0.3) is 0 Å². The van der Waals surface area contributed by atoms with Gasteiger partial charge >= 0.3 is 0 Å². The molecule has 6 heteroatoms. The Labute approximate surface area is 116 Å². The fourth-order valence-electron chi connectivity index (χ4n) is 2.40. The van der Waals surface area contributed by atoms with Crippen LogP contribution in [0.15, 0.2) is 10.7 Å². The van der Waals surface area contributed by atoms with Gasteiger partial charge in [-0.1, -0.05) is 0 Å². The molecule has 0 radical (unpaired) electrons. The van der Waals surface area contributed by atoms with Gasteiger partial charge in [-0.25, -0.2) is 0 Å². The molecule has 0 aromatic carbocycles. The van der Waals surface area contributed by atoms with Crippen LogP contribution in [-0.4, -0.2) is 43.3 Å². The number of nitrogens with one attached hydrogen (secondary N) is 1. The molecule has 0 aliphatic carbocycles. The Hall–Kier alpha value is -0.430. The minimum Gasteiger partial charge on any atom is -0.383 e. The number of halogens is 1. The highest BCUT2D eigenvalue weighted by Crippen LogP contribution is 2.31. The van der Waals surface area contributed by atoms with Crippen molar-refractivity contribution in [3.8, 4) is 0 Å². The number of nitrogens with zero attached hydrogens (tertiary/aromatic N) is 2. The standard InChI is InChI=1S/C12H20BrN3O2/c1-14-11(10-4-3-6-18-10)12-9(13)8-15-16(12)5-7-17-2/h8,10-11,14H,3-7H2,1-2H3. The van der Waals surface area contributed by atoms with Crippen LogP contribution in [0.1, 0.15) is 24.6 Å². The van der Waals surface area contributed by atoms with Crippen LogP contribution in [0.3, 0.4) is 0 Å². The molecule has 2 rings (SSSR count). The van der Waals surface area contributed by atoms with Crippen LogP contribution in [0.4, 0.5) is 0 Å². The van der Waals surface area contributed by atoms with Crippen LogP contribution >= 0.6 is 15.9 Å². The lowest BCUT2D eigenvalue weighted by Gasteiger charge is -2.24. The first-order chi connectivity index (χ1) is 8.77. The van der Waals surface area contributed by atoms with Gasteiger partial charge in [0.2, 0.25) is 0 Å². The van der Waals surface area contributed by atoms with Gasteiger partial charge in [-0.3, -0.25) is 4.68 Å². The van der Waals surface area contributed by atoms with Crippen molar-refractivity contribution in [1.29, 1.82) is 0 Å². The molecule has 5 nitrogen and oxygen atoms in total. The Bertz CT molecular complexity index is 377. The van der Waals surface area contributed by atoms with Gasteiger partial charge in [-0.05, 0) is 35.8 Å². The van der Waals surface area contributed by atoms with Crippen molar-refractivity contribution in [2.24, 2.45) is 0 Å². The lowest BCUT2D eigenvalue weighted by Crippen LogP contribution is -2.31. The largest absolute Gasteiger partial charge is 0.383 e. The van der Waals surface area contributed by atoms with Crippen molar-refractivity contribution in [3.05, 3.63) is 16.4 Å². The average Bonchev–Trinajstić information content (AvgIpc) is 3.00.